The molecule has 0 spiro atoms. The van der Waals surface area contributed by atoms with Crippen LogP contribution in [0.5, 0.6) is 5.75 Å². The summed E-state index contributed by atoms with van der Waals surface area (Å²) in [4.78, 5) is 27.6. The zero-order valence-electron chi connectivity index (χ0n) is 18.7. The Balaban J connectivity index is 1.61. The summed E-state index contributed by atoms with van der Waals surface area (Å²) < 4.78 is 56.1. The summed E-state index contributed by atoms with van der Waals surface area (Å²) in [6.07, 6.45) is -4.83. The topological polar surface area (TPSA) is 84.7 Å². The van der Waals surface area contributed by atoms with Gasteiger partial charge >= 0.3 is 6.36 Å². The first-order valence-electron chi connectivity index (χ1n) is 10.8. The van der Waals surface area contributed by atoms with Crippen LogP contribution in [0.15, 0.2) is 71.6 Å². The maximum Gasteiger partial charge on any atom is 0.573 e. The van der Waals surface area contributed by atoms with Gasteiger partial charge in [-0.1, -0.05) is 42.5 Å². The van der Waals surface area contributed by atoms with Crippen LogP contribution < -0.4 is 20.7 Å². The van der Waals surface area contributed by atoms with Crippen LogP contribution in [0, 0.1) is 5.82 Å². The molecule has 1 aliphatic heterocycles. The zero-order valence-corrected chi connectivity index (χ0v) is 19.5. The number of halogens is 4. The monoisotopic (exact) mass is 519 g/mol. The Hall–Kier alpha value is -3.57. The number of amides is 2. The van der Waals surface area contributed by atoms with Gasteiger partial charge in [-0.2, -0.15) is 0 Å². The lowest BCUT2D eigenvalue weighted by molar-refractivity contribution is -0.274. The molecule has 1 aliphatic rings. The van der Waals surface area contributed by atoms with Crippen LogP contribution in [0.4, 0.5) is 23.2 Å². The number of rotatable bonds is 6. The molecule has 0 saturated carbocycles. The highest BCUT2D eigenvalue weighted by Crippen LogP contribution is 2.37. The van der Waals surface area contributed by atoms with Gasteiger partial charge < -0.3 is 20.7 Å². The first-order chi connectivity index (χ1) is 17.1. The number of benzene rings is 3. The minimum atomic E-state index is -4.83. The van der Waals surface area contributed by atoms with Gasteiger partial charge in [0, 0.05) is 17.2 Å². The number of nitrogens with one attached hydrogen (secondary N) is 1. The SMILES string of the molecule is N[C@H]1CSc2cc(F)c(C(=O)NCc3ccccc3)cc2N(Cc2ccc(OC(F)(F)F)cc2)C1=O. The van der Waals surface area contributed by atoms with E-state index in [1.807, 2.05) is 30.3 Å². The fraction of sp³-hybridized carbons (Fsp3) is 0.200. The van der Waals surface area contributed by atoms with Crippen molar-refractivity contribution in [1.82, 2.24) is 5.32 Å². The Kier molecular flexibility index (Phi) is 7.51. The van der Waals surface area contributed by atoms with E-state index in [0.717, 1.165) is 17.7 Å². The van der Waals surface area contributed by atoms with Crippen molar-refractivity contribution in [2.75, 3.05) is 10.7 Å². The summed E-state index contributed by atoms with van der Waals surface area (Å²) in [7, 11) is 0. The summed E-state index contributed by atoms with van der Waals surface area (Å²) in [5.41, 5.74) is 7.38. The van der Waals surface area contributed by atoms with Gasteiger partial charge in [-0.15, -0.1) is 24.9 Å². The fourth-order valence-corrected chi connectivity index (χ4v) is 4.63. The van der Waals surface area contributed by atoms with Crippen molar-refractivity contribution in [3.8, 4) is 5.75 Å². The molecule has 2 amide bonds. The smallest absolute Gasteiger partial charge is 0.406 e. The van der Waals surface area contributed by atoms with E-state index in [4.69, 9.17) is 5.73 Å². The quantitative estimate of drug-likeness (QED) is 0.465. The van der Waals surface area contributed by atoms with Gasteiger partial charge in [-0.05, 0) is 35.4 Å². The Bertz CT molecular complexity index is 1250. The van der Waals surface area contributed by atoms with E-state index in [9.17, 15) is 27.2 Å². The molecule has 0 saturated heterocycles. The molecule has 3 N–H and O–H groups in total. The molecule has 11 heteroatoms. The number of hydrogen-bond acceptors (Lipinski definition) is 5. The zero-order chi connectivity index (χ0) is 25.9. The number of nitrogens with two attached hydrogens (primary N) is 1. The highest BCUT2D eigenvalue weighted by Gasteiger charge is 2.32. The Morgan fingerprint density at radius 1 is 1.08 bits per heavy atom. The van der Waals surface area contributed by atoms with Crippen molar-refractivity contribution in [3.63, 3.8) is 0 Å². The van der Waals surface area contributed by atoms with Crippen molar-refractivity contribution in [2.45, 2.75) is 30.4 Å². The van der Waals surface area contributed by atoms with Crippen molar-refractivity contribution in [3.05, 3.63) is 89.2 Å². The van der Waals surface area contributed by atoms with Gasteiger partial charge in [0.2, 0.25) is 5.91 Å². The van der Waals surface area contributed by atoms with Crippen LogP contribution in [0.2, 0.25) is 0 Å². The Morgan fingerprint density at radius 3 is 2.44 bits per heavy atom. The number of alkyl halides is 3. The molecule has 0 unspecified atom stereocenters. The molecule has 0 bridgehead atoms. The molecular weight excluding hydrogens is 498 g/mol. The fourth-order valence-electron chi connectivity index (χ4n) is 3.63. The third-order valence-corrected chi connectivity index (χ3v) is 6.54. The van der Waals surface area contributed by atoms with E-state index in [1.54, 1.807) is 0 Å². The molecule has 6 nitrogen and oxygen atoms in total. The second-order valence-corrected chi connectivity index (χ2v) is 9.06. The Labute approximate surface area is 208 Å². The molecule has 0 aliphatic carbocycles. The van der Waals surface area contributed by atoms with Crippen LogP contribution in [-0.2, 0) is 17.9 Å². The van der Waals surface area contributed by atoms with Crippen molar-refractivity contribution < 1.29 is 31.9 Å². The van der Waals surface area contributed by atoms with E-state index in [2.05, 4.69) is 10.1 Å². The van der Waals surface area contributed by atoms with Crippen LogP contribution in [0.25, 0.3) is 0 Å². The van der Waals surface area contributed by atoms with Crippen molar-refractivity contribution in [1.29, 1.82) is 0 Å². The van der Waals surface area contributed by atoms with Gasteiger partial charge in [-0.3, -0.25) is 9.59 Å². The summed E-state index contributed by atoms with van der Waals surface area (Å²) in [5.74, 6) is -2.07. The average Bonchev–Trinajstić information content (AvgIpc) is 2.95. The summed E-state index contributed by atoms with van der Waals surface area (Å²) in [6, 6.07) is 15.7. The lowest BCUT2D eigenvalue weighted by Gasteiger charge is -2.25. The van der Waals surface area contributed by atoms with Crippen LogP contribution in [0.1, 0.15) is 21.5 Å². The van der Waals surface area contributed by atoms with Gasteiger partial charge in [0.25, 0.3) is 5.91 Å². The predicted octanol–water partition coefficient (Wildman–Crippen LogP) is 4.62. The van der Waals surface area contributed by atoms with Crippen molar-refractivity contribution in [2.24, 2.45) is 5.73 Å². The molecule has 188 valence electrons. The van der Waals surface area contributed by atoms with Gasteiger partial charge in [-0.25, -0.2) is 4.39 Å². The molecule has 3 aromatic rings. The Morgan fingerprint density at radius 2 is 1.78 bits per heavy atom. The largest absolute Gasteiger partial charge is 0.573 e. The summed E-state index contributed by atoms with van der Waals surface area (Å²) >= 11 is 1.19. The summed E-state index contributed by atoms with van der Waals surface area (Å²) in [5, 5.41) is 2.67. The first-order valence-corrected chi connectivity index (χ1v) is 11.8. The molecule has 0 fully saturated rings. The molecule has 1 atom stereocenters. The number of carbonyl (C=O) groups is 2. The first kappa shape index (κ1) is 25.5. The molecule has 36 heavy (non-hydrogen) atoms. The van der Waals surface area contributed by atoms with E-state index < -0.39 is 35.8 Å². The maximum absolute atomic E-state index is 14.9. The number of nitrogens with zero attached hydrogens (tertiary/aromatic N) is 1. The normalized spacial score (nSPS) is 15.8. The van der Waals surface area contributed by atoms with Crippen LogP contribution in [0.3, 0.4) is 0 Å². The van der Waals surface area contributed by atoms with Crippen LogP contribution in [-0.4, -0.2) is 30.0 Å². The third-order valence-electron chi connectivity index (χ3n) is 5.38. The van der Waals surface area contributed by atoms with E-state index in [0.29, 0.717) is 16.1 Å². The number of thioether (sulfide) groups is 1. The number of hydrogen-bond donors (Lipinski definition) is 2. The number of anilines is 1. The second-order valence-electron chi connectivity index (χ2n) is 8.00. The minimum absolute atomic E-state index is 0.0525. The highest BCUT2D eigenvalue weighted by molar-refractivity contribution is 7.99. The van der Waals surface area contributed by atoms with E-state index in [-0.39, 0.29) is 24.4 Å². The predicted molar refractivity (Wildman–Crippen MR) is 127 cm³/mol. The lowest BCUT2D eigenvalue weighted by Crippen LogP contribution is -2.44. The third kappa shape index (κ3) is 6.16. The maximum atomic E-state index is 14.9. The number of carbonyl (C=O) groups excluding carboxylic acids is 2. The molecule has 3 aromatic carbocycles. The number of fused-ring (bicyclic) bond motifs is 1. The van der Waals surface area contributed by atoms with Gasteiger partial charge in [0.05, 0.1) is 23.8 Å². The van der Waals surface area contributed by atoms with Gasteiger partial charge in [0.1, 0.15) is 11.6 Å². The standard InChI is InChI=1S/C25H21F4N3O3S/c26-19-11-22-21(10-18(19)23(33)31-12-15-4-2-1-3-5-15)32(24(34)20(30)14-36-22)13-16-6-8-17(9-7-16)35-25(27,28)29/h1-11,20H,12-14,30H2,(H,31,33)/t20-/m0/s1. The van der Waals surface area contributed by atoms with E-state index >= 15 is 0 Å². The lowest BCUT2D eigenvalue weighted by atomic mass is 10.1. The van der Waals surface area contributed by atoms with Crippen molar-refractivity contribution >= 4 is 29.3 Å². The highest BCUT2D eigenvalue weighted by atomic mass is 32.2. The summed E-state index contributed by atoms with van der Waals surface area (Å²) in [6.45, 7) is 0.133. The van der Waals surface area contributed by atoms with Gasteiger partial charge in [0.15, 0.2) is 0 Å². The molecular formula is C25H21F4N3O3S. The molecule has 1 heterocycles. The molecule has 0 radical (unpaired) electrons. The second kappa shape index (κ2) is 10.6. The molecule has 0 aromatic heterocycles. The van der Waals surface area contributed by atoms with Crippen LogP contribution >= 0.6 is 11.8 Å². The number of ether oxygens (including phenoxy) is 1. The molecule has 4 rings (SSSR count). The van der Waals surface area contributed by atoms with E-state index in [1.165, 1.54) is 40.9 Å². The minimum Gasteiger partial charge on any atom is -0.406 e. The average molecular weight is 520 g/mol.